The van der Waals surface area contributed by atoms with Gasteiger partial charge in [0, 0.05) is 11.4 Å². The van der Waals surface area contributed by atoms with Crippen molar-refractivity contribution in [2.45, 2.75) is 33.6 Å². The van der Waals surface area contributed by atoms with E-state index in [0.717, 1.165) is 29.8 Å². The van der Waals surface area contributed by atoms with Crippen molar-refractivity contribution < 1.29 is 0 Å². The van der Waals surface area contributed by atoms with Gasteiger partial charge in [-0.1, -0.05) is 31.5 Å². The lowest BCUT2D eigenvalue weighted by molar-refractivity contribution is 0.948. The van der Waals surface area contributed by atoms with Crippen LogP contribution in [0.1, 0.15) is 32.3 Å². The van der Waals surface area contributed by atoms with E-state index >= 15 is 0 Å². The van der Waals surface area contributed by atoms with Crippen molar-refractivity contribution in [3.63, 3.8) is 0 Å². The van der Waals surface area contributed by atoms with Crippen molar-refractivity contribution >= 4 is 28.7 Å². The van der Waals surface area contributed by atoms with E-state index in [1.165, 1.54) is 0 Å². The number of rotatable bonds is 4. The van der Waals surface area contributed by atoms with E-state index in [9.17, 15) is 0 Å². The number of hydrazone groups is 1. The van der Waals surface area contributed by atoms with E-state index in [1.807, 2.05) is 38.1 Å². The number of para-hydroxylation sites is 1. The molecule has 3 nitrogen and oxygen atoms in total. The van der Waals surface area contributed by atoms with Gasteiger partial charge in [0.05, 0.1) is 0 Å². The fourth-order valence-electron chi connectivity index (χ4n) is 1.43. The molecule has 0 saturated heterocycles. The molecule has 0 saturated carbocycles. The van der Waals surface area contributed by atoms with Gasteiger partial charge in [-0.15, -0.1) is 0 Å². The van der Waals surface area contributed by atoms with Crippen LogP contribution < -0.4 is 10.7 Å². The molecule has 92 valence electrons. The van der Waals surface area contributed by atoms with Crippen LogP contribution in [0.5, 0.6) is 0 Å². The number of hydrogen-bond donors (Lipinski definition) is 2. The Kier molecular flexibility index (Phi) is 5.63. The van der Waals surface area contributed by atoms with Crippen LogP contribution in [0.4, 0.5) is 5.69 Å². The Morgan fingerprint density at radius 2 is 2.06 bits per heavy atom. The first-order valence-corrected chi connectivity index (χ1v) is 6.20. The van der Waals surface area contributed by atoms with Gasteiger partial charge in [0.1, 0.15) is 0 Å². The van der Waals surface area contributed by atoms with Crippen LogP contribution in [-0.4, -0.2) is 10.8 Å². The molecule has 0 radical (unpaired) electrons. The normalized spacial score (nSPS) is 11.1. The minimum Gasteiger partial charge on any atom is -0.331 e. The molecule has 0 aliphatic heterocycles. The number of aryl methyl sites for hydroxylation is 1. The number of thiocarbonyl (C=S) groups is 1. The number of nitrogens with zero attached hydrogens (tertiary/aromatic N) is 1. The van der Waals surface area contributed by atoms with Crippen molar-refractivity contribution in [3.8, 4) is 0 Å². The van der Waals surface area contributed by atoms with E-state index in [1.54, 1.807) is 0 Å². The molecule has 4 heteroatoms. The van der Waals surface area contributed by atoms with E-state index in [0.29, 0.717) is 5.11 Å². The maximum Gasteiger partial charge on any atom is 0.191 e. The van der Waals surface area contributed by atoms with Gasteiger partial charge in [-0.25, -0.2) is 0 Å². The Morgan fingerprint density at radius 1 is 1.35 bits per heavy atom. The van der Waals surface area contributed by atoms with Crippen molar-refractivity contribution in [1.82, 2.24) is 5.43 Å². The quantitative estimate of drug-likeness (QED) is 0.487. The third kappa shape index (κ3) is 4.95. The number of hydrogen-bond acceptors (Lipinski definition) is 2. The molecule has 1 rings (SSSR count). The SMILES string of the molecule is CCC/C(C)=N\NC(=S)Nc1ccccc1C. The maximum absolute atomic E-state index is 5.17. The highest BCUT2D eigenvalue weighted by atomic mass is 32.1. The lowest BCUT2D eigenvalue weighted by Gasteiger charge is -2.09. The van der Waals surface area contributed by atoms with Crippen LogP contribution in [0.2, 0.25) is 0 Å². The molecular formula is C13H19N3S. The minimum absolute atomic E-state index is 0.523. The van der Waals surface area contributed by atoms with Gasteiger partial charge in [0.15, 0.2) is 5.11 Å². The summed E-state index contributed by atoms with van der Waals surface area (Å²) < 4.78 is 0. The first-order chi connectivity index (χ1) is 8.13. The van der Waals surface area contributed by atoms with Crippen LogP contribution in [0.25, 0.3) is 0 Å². The number of benzene rings is 1. The van der Waals surface area contributed by atoms with Gasteiger partial charge in [-0.2, -0.15) is 5.10 Å². The molecule has 2 N–H and O–H groups in total. The summed E-state index contributed by atoms with van der Waals surface area (Å²) in [5.41, 5.74) is 6.07. The topological polar surface area (TPSA) is 36.4 Å². The standard InChI is InChI=1S/C13H19N3S/c1-4-7-11(3)15-16-13(17)14-12-9-6-5-8-10(12)2/h5-6,8-9H,4,7H2,1-3H3,(H2,14,16,17)/b15-11-. The fourth-order valence-corrected chi connectivity index (χ4v) is 1.58. The van der Waals surface area contributed by atoms with Gasteiger partial charge < -0.3 is 5.32 Å². The smallest absolute Gasteiger partial charge is 0.191 e. The Balaban J connectivity index is 2.51. The average molecular weight is 249 g/mol. The largest absolute Gasteiger partial charge is 0.331 e. The van der Waals surface area contributed by atoms with Crippen LogP contribution in [0, 0.1) is 6.92 Å². The molecule has 17 heavy (non-hydrogen) atoms. The third-order valence-corrected chi connectivity index (χ3v) is 2.55. The van der Waals surface area contributed by atoms with Crippen LogP contribution in [0.3, 0.4) is 0 Å². The second kappa shape index (κ2) is 7.01. The Hall–Kier alpha value is -1.42. The predicted octanol–water partition coefficient (Wildman–Crippen LogP) is 3.46. The summed E-state index contributed by atoms with van der Waals surface area (Å²) >= 11 is 5.17. The monoisotopic (exact) mass is 249 g/mol. The van der Waals surface area contributed by atoms with E-state index < -0.39 is 0 Å². The predicted molar refractivity (Wildman–Crippen MR) is 78.6 cm³/mol. The Bertz CT molecular complexity index is 413. The molecule has 1 aromatic carbocycles. The summed E-state index contributed by atoms with van der Waals surface area (Å²) in [4.78, 5) is 0. The van der Waals surface area contributed by atoms with E-state index in [-0.39, 0.29) is 0 Å². The Labute approximate surface area is 108 Å². The Morgan fingerprint density at radius 3 is 2.71 bits per heavy atom. The second-order valence-corrected chi connectivity index (χ2v) is 4.39. The number of anilines is 1. The molecule has 0 heterocycles. The first-order valence-electron chi connectivity index (χ1n) is 5.79. The molecular weight excluding hydrogens is 230 g/mol. The second-order valence-electron chi connectivity index (χ2n) is 3.98. The molecule has 0 atom stereocenters. The zero-order valence-electron chi connectivity index (χ0n) is 10.6. The molecule has 0 spiro atoms. The van der Waals surface area contributed by atoms with Crippen molar-refractivity contribution in [3.05, 3.63) is 29.8 Å². The van der Waals surface area contributed by atoms with Gasteiger partial charge in [-0.05, 0) is 44.1 Å². The summed E-state index contributed by atoms with van der Waals surface area (Å²) in [5, 5.41) is 7.85. The molecule has 0 aliphatic rings. The third-order valence-electron chi connectivity index (χ3n) is 2.35. The van der Waals surface area contributed by atoms with Gasteiger partial charge in [0.2, 0.25) is 0 Å². The minimum atomic E-state index is 0.523. The molecule has 1 aromatic rings. The van der Waals surface area contributed by atoms with Crippen molar-refractivity contribution in [1.29, 1.82) is 0 Å². The fraction of sp³-hybridized carbons (Fsp3) is 0.385. The molecule has 0 fully saturated rings. The van der Waals surface area contributed by atoms with Crippen LogP contribution >= 0.6 is 12.2 Å². The zero-order valence-corrected chi connectivity index (χ0v) is 11.4. The summed E-state index contributed by atoms with van der Waals surface area (Å²) in [5.74, 6) is 0. The highest BCUT2D eigenvalue weighted by Gasteiger charge is 1.99. The highest BCUT2D eigenvalue weighted by Crippen LogP contribution is 2.12. The molecule has 0 aromatic heterocycles. The van der Waals surface area contributed by atoms with Gasteiger partial charge in [0.25, 0.3) is 0 Å². The first kappa shape index (κ1) is 13.6. The van der Waals surface area contributed by atoms with Gasteiger partial charge >= 0.3 is 0 Å². The number of nitrogens with one attached hydrogen (secondary N) is 2. The molecule has 0 amide bonds. The van der Waals surface area contributed by atoms with E-state index in [2.05, 4.69) is 22.8 Å². The van der Waals surface area contributed by atoms with Crippen molar-refractivity contribution in [2.75, 3.05) is 5.32 Å². The zero-order chi connectivity index (χ0) is 12.7. The lowest BCUT2D eigenvalue weighted by atomic mass is 10.2. The maximum atomic E-state index is 5.17. The average Bonchev–Trinajstić information content (AvgIpc) is 2.30. The lowest BCUT2D eigenvalue weighted by Crippen LogP contribution is -2.25. The van der Waals surface area contributed by atoms with Crippen LogP contribution in [0.15, 0.2) is 29.4 Å². The molecule has 0 aliphatic carbocycles. The van der Waals surface area contributed by atoms with Crippen LogP contribution in [-0.2, 0) is 0 Å². The molecule has 0 unspecified atom stereocenters. The van der Waals surface area contributed by atoms with E-state index in [4.69, 9.17) is 12.2 Å². The summed E-state index contributed by atoms with van der Waals surface area (Å²) in [6.07, 6.45) is 2.08. The molecule has 0 bridgehead atoms. The summed E-state index contributed by atoms with van der Waals surface area (Å²) in [6, 6.07) is 8.01. The van der Waals surface area contributed by atoms with Gasteiger partial charge in [-0.3, -0.25) is 5.43 Å². The highest BCUT2D eigenvalue weighted by molar-refractivity contribution is 7.80. The summed E-state index contributed by atoms with van der Waals surface area (Å²) in [6.45, 7) is 6.16. The summed E-state index contributed by atoms with van der Waals surface area (Å²) in [7, 11) is 0. The van der Waals surface area contributed by atoms with Crippen molar-refractivity contribution in [2.24, 2.45) is 5.10 Å².